The molecule has 1 unspecified atom stereocenters. The molecule has 1 aliphatic rings. The average Bonchev–Trinajstić information content (AvgIpc) is 2.87. The summed E-state index contributed by atoms with van der Waals surface area (Å²) in [6.07, 6.45) is 4.69. The number of para-hydroxylation sites is 1. The number of hydrogen-bond donors (Lipinski definition) is 1. The summed E-state index contributed by atoms with van der Waals surface area (Å²) in [7, 11) is 0. The van der Waals surface area contributed by atoms with Gasteiger partial charge in [0.2, 0.25) is 5.95 Å². The van der Waals surface area contributed by atoms with Gasteiger partial charge >= 0.3 is 0 Å². The van der Waals surface area contributed by atoms with Crippen molar-refractivity contribution < 1.29 is 0 Å². The lowest BCUT2D eigenvalue weighted by Gasteiger charge is -2.24. The lowest BCUT2D eigenvalue weighted by atomic mass is 10.1. The first kappa shape index (κ1) is 15.8. The van der Waals surface area contributed by atoms with Crippen molar-refractivity contribution in [3.63, 3.8) is 0 Å². The summed E-state index contributed by atoms with van der Waals surface area (Å²) in [5, 5.41) is 3.37. The fraction of sp³-hybridized carbons (Fsp3) is 0.474. The molecule has 4 nitrogen and oxygen atoms in total. The van der Waals surface area contributed by atoms with E-state index in [4.69, 9.17) is 4.98 Å². The quantitative estimate of drug-likeness (QED) is 0.799. The van der Waals surface area contributed by atoms with E-state index >= 15 is 0 Å². The van der Waals surface area contributed by atoms with Crippen molar-refractivity contribution in [3.8, 4) is 0 Å². The Labute approximate surface area is 139 Å². The second-order valence-corrected chi connectivity index (χ2v) is 6.38. The van der Waals surface area contributed by atoms with Crippen LogP contribution in [0.15, 0.2) is 30.3 Å². The van der Waals surface area contributed by atoms with Crippen molar-refractivity contribution in [2.75, 3.05) is 16.8 Å². The number of fused-ring (bicyclic) bond motifs is 1. The second-order valence-electron chi connectivity index (χ2n) is 6.38. The molecular formula is C19H26N4. The maximum atomic E-state index is 4.77. The van der Waals surface area contributed by atoms with Crippen LogP contribution < -0.4 is 10.2 Å². The van der Waals surface area contributed by atoms with Crippen LogP contribution in [-0.4, -0.2) is 22.6 Å². The van der Waals surface area contributed by atoms with Crippen LogP contribution in [0.5, 0.6) is 0 Å². The molecule has 1 aromatic carbocycles. The molecule has 0 saturated carbocycles. The van der Waals surface area contributed by atoms with Gasteiger partial charge in [-0.1, -0.05) is 38.0 Å². The Morgan fingerprint density at radius 1 is 1.22 bits per heavy atom. The standard InChI is InChI=1S/C19H26N4/c1-4-5-8-11-20-19-21-14(2)12-18(22-19)23-15(3)13-16-9-6-7-10-17(16)23/h6-7,9-10,12,15H,4-5,8,11,13H2,1-3H3,(H,20,21,22). The van der Waals surface area contributed by atoms with Crippen molar-refractivity contribution in [3.05, 3.63) is 41.6 Å². The molecule has 0 fully saturated rings. The zero-order chi connectivity index (χ0) is 16.2. The first-order valence-electron chi connectivity index (χ1n) is 8.65. The Balaban J connectivity index is 1.84. The van der Waals surface area contributed by atoms with E-state index in [0.717, 1.165) is 36.8 Å². The SMILES string of the molecule is CCCCCNc1nc(C)cc(N2c3ccccc3CC2C)n1. The van der Waals surface area contributed by atoms with Gasteiger partial charge in [-0.2, -0.15) is 4.98 Å². The number of hydrogen-bond acceptors (Lipinski definition) is 4. The highest BCUT2D eigenvalue weighted by atomic mass is 15.3. The van der Waals surface area contributed by atoms with E-state index < -0.39 is 0 Å². The molecule has 0 bridgehead atoms. The van der Waals surface area contributed by atoms with Gasteiger partial charge in [-0.3, -0.25) is 0 Å². The maximum Gasteiger partial charge on any atom is 0.224 e. The zero-order valence-corrected chi connectivity index (χ0v) is 14.3. The Kier molecular flexibility index (Phi) is 4.79. The first-order valence-corrected chi connectivity index (χ1v) is 8.65. The molecule has 1 aliphatic heterocycles. The highest BCUT2D eigenvalue weighted by Gasteiger charge is 2.28. The molecule has 1 atom stereocenters. The number of rotatable bonds is 6. The van der Waals surface area contributed by atoms with Crippen LogP contribution >= 0.6 is 0 Å². The van der Waals surface area contributed by atoms with Crippen molar-refractivity contribution in [2.24, 2.45) is 0 Å². The molecule has 4 heteroatoms. The summed E-state index contributed by atoms with van der Waals surface area (Å²) in [5.41, 5.74) is 3.67. The van der Waals surface area contributed by atoms with Gasteiger partial charge in [-0.25, -0.2) is 4.98 Å². The van der Waals surface area contributed by atoms with Crippen molar-refractivity contribution >= 4 is 17.5 Å². The van der Waals surface area contributed by atoms with Crippen LogP contribution in [0.4, 0.5) is 17.5 Å². The van der Waals surface area contributed by atoms with E-state index in [1.54, 1.807) is 0 Å². The van der Waals surface area contributed by atoms with Gasteiger partial charge in [-0.15, -0.1) is 0 Å². The minimum atomic E-state index is 0.426. The fourth-order valence-electron chi connectivity index (χ4n) is 3.24. The number of aryl methyl sites for hydroxylation is 1. The molecule has 23 heavy (non-hydrogen) atoms. The third-order valence-electron chi connectivity index (χ3n) is 4.36. The molecule has 0 spiro atoms. The van der Waals surface area contributed by atoms with Gasteiger partial charge in [0.05, 0.1) is 0 Å². The maximum absolute atomic E-state index is 4.77. The molecule has 0 radical (unpaired) electrons. The molecule has 2 aromatic rings. The Bertz CT molecular complexity index is 668. The summed E-state index contributed by atoms with van der Waals surface area (Å²) in [5.74, 6) is 1.74. The minimum absolute atomic E-state index is 0.426. The van der Waals surface area contributed by atoms with Crippen LogP contribution in [0.2, 0.25) is 0 Å². The van der Waals surface area contributed by atoms with Crippen molar-refractivity contribution in [2.45, 2.75) is 52.5 Å². The first-order chi connectivity index (χ1) is 11.2. The number of nitrogens with one attached hydrogen (secondary N) is 1. The molecule has 0 amide bonds. The van der Waals surface area contributed by atoms with Gasteiger partial charge in [0.25, 0.3) is 0 Å². The van der Waals surface area contributed by atoms with Crippen LogP contribution in [0.3, 0.4) is 0 Å². The van der Waals surface area contributed by atoms with Crippen molar-refractivity contribution in [1.29, 1.82) is 0 Å². The van der Waals surface area contributed by atoms with E-state index in [-0.39, 0.29) is 0 Å². The van der Waals surface area contributed by atoms with Gasteiger partial charge in [0.15, 0.2) is 0 Å². The molecular weight excluding hydrogens is 284 g/mol. The summed E-state index contributed by atoms with van der Waals surface area (Å²) in [6.45, 7) is 7.44. The molecule has 1 N–H and O–H groups in total. The van der Waals surface area contributed by atoms with E-state index in [0.29, 0.717) is 6.04 Å². The van der Waals surface area contributed by atoms with E-state index in [9.17, 15) is 0 Å². The van der Waals surface area contributed by atoms with Crippen molar-refractivity contribution in [1.82, 2.24) is 9.97 Å². The third kappa shape index (κ3) is 3.46. The summed E-state index contributed by atoms with van der Waals surface area (Å²) < 4.78 is 0. The smallest absolute Gasteiger partial charge is 0.224 e. The molecule has 122 valence electrons. The molecule has 0 aliphatic carbocycles. The monoisotopic (exact) mass is 310 g/mol. The Hall–Kier alpha value is -2.10. The number of nitrogens with zero attached hydrogens (tertiary/aromatic N) is 3. The number of aromatic nitrogens is 2. The second kappa shape index (κ2) is 6.99. The number of benzene rings is 1. The Morgan fingerprint density at radius 3 is 2.87 bits per heavy atom. The molecule has 1 aromatic heterocycles. The number of anilines is 3. The predicted molar refractivity (Wildman–Crippen MR) is 96.5 cm³/mol. The Morgan fingerprint density at radius 2 is 2.04 bits per heavy atom. The third-order valence-corrected chi connectivity index (χ3v) is 4.36. The summed E-state index contributed by atoms with van der Waals surface area (Å²) >= 11 is 0. The minimum Gasteiger partial charge on any atom is -0.354 e. The van der Waals surface area contributed by atoms with E-state index in [1.807, 2.05) is 6.92 Å². The van der Waals surface area contributed by atoms with Crippen LogP contribution in [0.1, 0.15) is 44.4 Å². The predicted octanol–water partition coefficient (Wildman–Crippen LogP) is 4.47. The van der Waals surface area contributed by atoms with Gasteiger partial charge in [-0.05, 0) is 38.3 Å². The highest BCUT2D eigenvalue weighted by molar-refractivity contribution is 5.69. The molecule has 2 heterocycles. The largest absolute Gasteiger partial charge is 0.354 e. The van der Waals surface area contributed by atoms with Crippen LogP contribution in [0, 0.1) is 6.92 Å². The molecule has 0 saturated heterocycles. The average molecular weight is 310 g/mol. The van der Waals surface area contributed by atoms with Crippen LogP contribution in [-0.2, 0) is 6.42 Å². The lowest BCUT2D eigenvalue weighted by molar-refractivity contribution is 0.735. The summed E-state index contributed by atoms with van der Waals surface area (Å²) in [6, 6.07) is 11.1. The zero-order valence-electron chi connectivity index (χ0n) is 14.3. The van der Waals surface area contributed by atoms with Gasteiger partial charge in [0.1, 0.15) is 5.82 Å². The number of unbranched alkanes of at least 4 members (excludes halogenated alkanes) is 2. The lowest BCUT2D eigenvalue weighted by Crippen LogP contribution is -2.25. The van der Waals surface area contributed by atoms with Crippen LogP contribution in [0.25, 0.3) is 0 Å². The topological polar surface area (TPSA) is 41.1 Å². The highest BCUT2D eigenvalue weighted by Crippen LogP contribution is 2.37. The fourth-order valence-corrected chi connectivity index (χ4v) is 3.24. The normalized spacial score (nSPS) is 16.5. The van der Waals surface area contributed by atoms with Gasteiger partial charge < -0.3 is 10.2 Å². The van der Waals surface area contributed by atoms with E-state index in [2.05, 4.69) is 59.4 Å². The molecule has 3 rings (SSSR count). The van der Waals surface area contributed by atoms with E-state index in [1.165, 1.54) is 24.1 Å². The van der Waals surface area contributed by atoms with Gasteiger partial charge in [0, 0.05) is 30.0 Å². The summed E-state index contributed by atoms with van der Waals surface area (Å²) in [4.78, 5) is 11.6.